The average Bonchev–Trinajstić information content (AvgIpc) is 2.63. The molecule has 0 amide bonds. The van der Waals surface area contributed by atoms with E-state index in [1.807, 2.05) is 31.6 Å². The molecule has 0 radical (unpaired) electrons. The predicted molar refractivity (Wildman–Crippen MR) is 76.2 cm³/mol. The van der Waals surface area contributed by atoms with Crippen LogP contribution in [0.4, 0.5) is 11.8 Å². The third-order valence-electron chi connectivity index (χ3n) is 3.00. The van der Waals surface area contributed by atoms with Crippen LogP contribution in [0.15, 0.2) is 12.1 Å². The summed E-state index contributed by atoms with van der Waals surface area (Å²) < 4.78 is 2.00. The van der Waals surface area contributed by atoms with Gasteiger partial charge in [-0.15, -0.1) is 0 Å². The Balaban J connectivity index is 2.05. The summed E-state index contributed by atoms with van der Waals surface area (Å²) in [4.78, 5) is 10.4. The first-order chi connectivity index (χ1) is 8.95. The zero-order valence-electron chi connectivity index (χ0n) is 11.9. The van der Waals surface area contributed by atoms with Gasteiger partial charge in [0, 0.05) is 31.0 Å². The normalized spacial score (nSPS) is 10.7. The van der Waals surface area contributed by atoms with Gasteiger partial charge in [0.1, 0.15) is 5.82 Å². The van der Waals surface area contributed by atoms with Gasteiger partial charge in [0.15, 0.2) is 0 Å². The number of rotatable bonds is 4. The average molecular weight is 260 g/mol. The van der Waals surface area contributed by atoms with Crippen molar-refractivity contribution in [3.8, 4) is 0 Å². The van der Waals surface area contributed by atoms with E-state index in [0.717, 1.165) is 30.3 Å². The van der Waals surface area contributed by atoms with E-state index in [2.05, 4.69) is 33.0 Å². The summed E-state index contributed by atoms with van der Waals surface area (Å²) in [6.45, 7) is 7.61. The minimum atomic E-state index is 0.313. The second kappa shape index (κ2) is 5.26. The van der Waals surface area contributed by atoms with Crippen LogP contribution in [-0.2, 0) is 6.54 Å². The van der Waals surface area contributed by atoms with E-state index in [-0.39, 0.29) is 0 Å². The Morgan fingerprint density at radius 2 is 1.89 bits per heavy atom. The lowest BCUT2D eigenvalue weighted by Gasteiger charge is -2.19. The predicted octanol–water partition coefficient (Wildman–Crippen LogP) is 1.32. The van der Waals surface area contributed by atoms with E-state index in [1.165, 1.54) is 5.69 Å². The van der Waals surface area contributed by atoms with Crippen LogP contribution in [0.5, 0.6) is 0 Å². The molecule has 2 aromatic rings. The highest BCUT2D eigenvalue weighted by atomic mass is 15.3. The second-order valence-corrected chi connectivity index (χ2v) is 4.80. The van der Waals surface area contributed by atoms with Gasteiger partial charge in [0.05, 0.1) is 12.2 Å². The van der Waals surface area contributed by atoms with E-state index in [4.69, 9.17) is 5.73 Å². The summed E-state index contributed by atoms with van der Waals surface area (Å²) in [5, 5.41) is 4.44. The zero-order chi connectivity index (χ0) is 14.0. The molecule has 0 saturated carbocycles. The van der Waals surface area contributed by atoms with Crippen molar-refractivity contribution >= 4 is 11.8 Å². The van der Waals surface area contributed by atoms with Gasteiger partial charge in [-0.25, -0.2) is 4.98 Å². The Morgan fingerprint density at radius 3 is 2.47 bits per heavy atom. The van der Waals surface area contributed by atoms with Crippen molar-refractivity contribution in [2.75, 3.05) is 24.2 Å². The fourth-order valence-corrected chi connectivity index (χ4v) is 2.03. The van der Waals surface area contributed by atoms with Gasteiger partial charge in [0.2, 0.25) is 5.95 Å². The lowest BCUT2D eigenvalue weighted by molar-refractivity contribution is 0.590. The number of nitrogens with two attached hydrogens (primary N) is 1. The molecule has 0 atom stereocenters. The van der Waals surface area contributed by atoms with Crippen LogP contribution in [0.3, 0.4) is 0 Å². The molecule has 0 aliphatic heterocycles. The zero-order valence-corrected chi connectivity index (χ0v) is 11.9. The van der Waals surface area contributed by atoms with Crippen LogP contribution in [0, 0.1) is 20.8 Å². The maximum absolute atomic E-state index is 5.67. The highest BCUT2D eigenvalue weighted by molar-refractivity contribution is 5.42. The van der Waals surface area contributed by atoms with Gasteiger partial charge in [-0.2, -0.15) is 10.1 Å². The van der Waals surface area contributed by atoms with Gasteiger partial charge in [-0.3, -0.25) is 4.68 Å². The van der Waals surface area contributed by atoms with Crippen LogP contribution in [0.1, 0.15) is 17.1 Å². The maximum Gasteiger partial charge on any atom is 0.222 e. The molecule has 0 spiro atoms. The van der Waals surface area contributed by atoms with Crippen molar-refractivity contribution in [1.82, 2.24) is 19.7 Å². The SMILES string of the molecule is Cc1cc(N(C)CCn2nc(C)cc2C)nc(N)n1. The van der Waals surface area contributed by atoms with Crippen molar-refractivity contribution < 1.29 is 0 Å². The summed E-state index contributed by atoms with van der Waals surface area (Å²) in [6, 6.07) is 4.00. The van der Waals surface area contributed by atoms with Crippen molar-refractivity contribution in [2.24, 2.45) is 0 Å². The summed E-state index contributed by atoms with van der Waals surface area (Å²) in [7, 11) is 1.99. The van der Waals surface area contributed by atoms with Gasteiger partial charge in [0.25, 0.3) is 0 Å². The minimum absolute atomic E-state index is 0.313. The van der Waals surface area contributed by atoms with Crippen LogP contribution < -0.4 is 10.6 Å². The number of hydrogen-bond donors (Lipinski definition) is 1. The Morgan fingerprint density at radius 1 is 1.16 bits per heavy atom. The largest absolute Gasteiger partial charge is 0.368 e. The molecule has 0 aliphatic rings. The Kier molecular flexibility index (Phi) is 3.69. The quantitative estimate of drug-likeness (QED) is 0.897. The van der Waals surface area contributed by atoms with Crippen LogP contribution in [0.25, 0.3) is 0 Å². The first-order valence-corrected chi connectivity index (χ1v) is 6.29. The number of likely N-dealkylation sites (N-methyl/N-ethyl adjacent to an activating group) is 1. The standard InChI is InChI=1S/C13H20N6/c1-9-8-12(16-13(14)15-9)18(4)5-6-19-11(3)7-10(2)17-19/h7-8H,5-6H2,1-4H3,(H2,14,15,16). The first kappa shape index (κ1) is 13.3. The molecule has 6 nitrogen and oxygen atoms in total. The van der Waals surface area contributed by atoms with Gasteiger partial charge in [-0.05, 0) is 26.8 Å². The molecule has 0 unspecified atom stereocenters. The van der Waals surface area contributed by atoms with Gasteiger partial charge >= 0.3 is 0 Å². The summed E-state index contributed by atoms with van der Waals surface area (Å²) in [5.74, 6) is 1.15. The molecule has 0 bridgehead atoms. The smallest absolute Gasteiger partial charge is 0.222 e. The molecule has 2 N–H and O–H groups in total. The summed E-state index contributed by atoms with van der Waals surface area (Å²) >= 11 is 0. The Bertz CT molecular complexity index is 554. The van der Waals surface area contributed by atoms with Crippen LogP contribution in [0.2, 0.25) is 0 Å². The maximum atomic E-state index is 5.67. The molecule has 0 fully saturated rings. The highest BCUT2D eigenvalue weighted by Gasteiger charge is 2.07. The lowest BCUT2D eigenvalue weighted by atomic mass is 10.4. The summed E-state index contributed by atoms with van der Waals surface area (Å²) in [5.41, 5.74) is 8.76. The number of nitrogens with zero attached hydrogens (tertiary/aromatic N) is 5. The molecule has 0 saturated heterocycles. The number of aromatic nitrogens is 4. The number of nitrogen functional groups attached to an aromatic ring is 1. The molecule has 19 heavy (non-hydrogen) atoms. The molecule has 2 heterocycles. The Labute approximate surface area is 113 Å². The van der Waals surface area contributed by atoms with E-state index < -0.39 is 0 Å². The van der Waals surface area contributed by atoms with Crippen molar-refractivity contribution in [1.29, 1.82) is 0 Å². The third kappa shape index (κ3) is 3.21. The van der Waals surface area contributed by atoms with Crippen LogP contribution >= 0.6 is 0 Å². The molecular formula is C13H20N6. The number of anilines is 2. The molecule has 2 aromatic heterocycles. The first-order valence-electron chi connectivity index (χ1n) is 6.29. The summed E-state index contributed by atoms with van der Waals surface area (Å²) in [6.07, 6.45) is 0. The third-order valence-corrected chi connectivity index (χ3v) is 3.00. The molecule has 6 heteroatoms. The van der Waals surface area contributed by atoms with E-state index in [1.54, 1.807) is 0 Å². The van der Waals surface area contributed by atoms with E-state index in [9.17, 15) is 0 Å². The van der Waals surface area contributed by atoms with Crippen molar-refractivity contribution in [2.45, 2.75) is 27.3 Å². The molecular weight excluding hydrogens is 240 g/mol. The molecule has 0 aromatic carbocycles. The van der Waals surface area contributed by atoms with Gasteiger partial charge in [-0.1, -0.05) is 0 Å². The fourth-order valence-electron chi connectivity index (χ4n) is 2.03. The minimum Gasteiger partial charge on any atom is -0.368 e. The highest BCUT2D eigenvalue weighted by Crippen LogP contribution is 2.12. The second-order valence-electron chi connectivity index (χ2n) is 4.80. The molecule has 2 rings (SSSR count). The molecule has 0 aliphatic carbocycles. The topological polar surface area (TPSA) is 72.9 Å². The van der Waals surface area contributed by atoms with Crippen molar-refractivity contribution in [3.63, 3.8) is 0 Å². The Hall–Kier alpha value is -2.11. The lowest BCUT2D eigenvalue weighted by Crippen LogP contribution is -2.25. The van der Waals surface area contributed by atoms with Crippen molar-refractivity contribution in [3.05, 3.63) is 29.2 Å². The number of aryl methyl sites for hydroxylation is 3. The van der Waals surface area contributed by atoms with Crippen LogP contribution in [-0.4, -0.2) is 33.3 Å². The molecule has 102 valence electrons. The number of hydrogen-bond acceptors (Lipinski definition) is 5. The fraction of sp³-hybridized carbons (Fsp3) is 0.462. The monoisotopic (exact) mass is 260 g/mol. The van der Waals surface area contributed by atoms with E-state index >= 15 is 0 Å². The van der Waals surface area contributed by atoms with E-state index in [0.29, 0.717) is 5.95 Å². The van der Waals surface area contributed by atoms with Gasteiger partial charge < -0.3 is 10.6 Å².